The van der Waals surface area contributed by atoms with Gasteiger partial charge in [0.1, 0.15) is 22.5 Å². The number of nitrogens with two attached hydrogens (primary N) is 1. The van der Waals surface area contributed by atoms with Gasteiger partial charge in [-0.25, -0.2) is 9.97 Å². The molecule has 0 radical (unpaired) electrons. The number of nitrogens with one attached hydrogen (secondary N) is 2. The number of carbonyl (C=O) groups excluding carboxylic acids is 1. The highest BCUT2D eigenvalue weighted by atomic mass is 16.5. The molecule has 4 aromatic rings. The summed E-state index contributed by atoms with van der Waals surface area (Å²) in [6.07, 6.45) is 5.65. The Morgan fingerprint density at radius 2 is 1.31 bits per heavy atom. The number of fused-ring (bicyclic) bond motifs is 2. The summed E-state index contributed by atoms with van der Waals surface area (Å²) in [5.74, 6) is 2.19. The Bertz CT molecular complexity index is 1540. The average molecular weight is 580 g/mol. The highest BCUT2D eigenvalue weighted by Gasteiger charge is 2.18. The molecular weight excluding hydrogens is 538 g/mol. The Morgan fingerprint density at radius 3 is 1.79 bits per heavy atom. The van der Waals surface area contributed by atoms with E-state index in [9.17, 15) is 4.79 Å². The zero-order valence-electron chi connectivity index (χ0n) is 25.0. The van der Waals surface area contributed by atoms with Crippen molar-refractivity contribution in [2.75, 3.05) is 65.4 Å². The average Bonchev–Trinajstić information content (AvgIpc) is 3.52. The van der Waals surface area contributed by atoms with Crippen LogP contribution in [-0.4, -0.2) is 79.8 Å². The maximum atomic E-state index is 12.0. The molecule has 0 spiro atoms. The fourth-order valence-electron chi connectivity index (χ4n) is 4.82. The van der Waals surface area contributed by atoms with Crippen molar-refractivity contribution in [3.8, 4) is 11.5 Å². The summed E-state index contributed by atoms with van der Waals surface area (Å²) in [5, 5.41) is 6.36. The lowest BCUT2D eigenvalue weighted by molar-refractivity contribution is 0.1000. The van der Waals surface area contributed by atoms with Crippen LogP contribution >= 0.6 is 0 Å². The monoisotopic (exact) mass is 579 g/mol. The van der Waals surface area contributed by atoms with Crippen molar-refractivity contribution in [1.29, 1.82) is 0 Å². The molecule has 4 rings (SSSR count). The molecule has 226 valence electrons. The molecule has 4 N–H and O–H groups in total. The SMILES string of the molecule is CNc1nc2cc(C)cc(OCCCOC)c2n1C/C=C/Cn1c(NC)nc2cc(C(N)=O)cc(OCCCOC)c21. The number of carbonyl (C=O) groups is 1. The molecule has 0 saturated carbocycles. The highest BCUT2D eigenvalue weighted by Crippen LogP contribution is 2.32. The molecular formula is C30H41N7O5. The third-order valence-corrected chi connectivity index (χ3v) is 6.73. The first-order chi connectivity index (χ1) is 20.4. The lowest BCUT2D eigenvalue weighted by Gasteiger charge is -2.13. The first-order valence-corrected chi connectivity index (χ1v) is 14.0. The van der Waals surface area contributed by atoms with Crippen LogP contribution in [-0.2, 0) is 22.6 Å². The number of allylic oxidation sites excluding steroid dienone is 2. The van der Waals surface area contributed by atoms with E-state index in [1.165, 1.54) is 0 Å². The smallest absolute Gasteiger partial charge is 0.248 e. The summed E-state index contributed by atoms with van der Waals surface area (Å²) in [6.45, 7) is 5.30. The molecule has 42 heavy (non-hydrogen) atoms. The molecule has 0 saturated heterocycles. The van der Waals surface area contributed by atoms with Crippen molar-refractivity contribution in [2.24, 2.45) is 5.73 Å². The number of anilines is 2. The summed E-state index contributed by atoms with van der Waals surface area (Å²) in [4.78, 5) is 21.5. The number of hydrogen-bond donors (Lipinski definition) is 3. The predicted octanol–water partition coefficient (Wildman–Crippen LogP) is 3.96. The minimum Gasteiger partial charge on any atom is -0.491 e. The van der Waals surface area contributed by atoms with Gasteiger partial charge in [-0.3, -0.25) is 4.79 Å². The van der Waals surface area contributed by atoms with Crippen LogP contribution in [0.5, 0.6) is 11.5 Å². The minimum atomic E-state index is -0.538. The van der Waals surface area contributed by atoms with Gasteiger partial charge in [0.2, 0.25) is 17.8 Å². The summed E-state index contributed by atoms with van der Waals surface area (Å²) in [7, 11) is 7.00. The van der Waals surface area contributed by atoms with E-state index in [1.54, 1.807) is 26.4 Å². The van der Waals surface area contributed by atoms with Gasteiger partial charge in [-0.2, -0.15) is 0 Å². The second kappa shape index (κ2) is 14.6. The lowest BCUT2D eigenvalue weighted by Crippen LogP contribution is -2.12. The Morgan fingerprint density at radius 1 is 0.810 bits per heavy atom. The second-order valence-corrected chi connectivity index (χ2v) is 9.79. The standard InChI is InChI=1S/C30H41N7O5/c1-20-16-22-26(24(17-20)41-14-8-12-39-4)36(29(32-2)34-22)10-6-7-11-37-27-23(35-30(37)33-3)18-21(28(31)38)19-25(27)42-15-9-13-40-5/h6-7,16-19H,8-15H2,1-5H3,(H2,31,38)(H,32,34)(H,33,35)/b7-6+. The van der Waals surface area contributed by atoms with Crippen LogP contribution in [0.1, 0.15) is 28.8 Å². The largest absolute Gasteiger partial charge is 0.491 e. The van der Waals surface area contributed by atoms with Gasteiger partial charge in [-0.1, -0.05) is 12.2 Å². The van der Waals surface area contributed by atoms with Gasteiger partial charge >= 0.3 is 0 Å². The second-order valence-electron chi connectivity index (χ2n) is 9.79. The van der Waals surface area contributed by atoms with E-state index in [-0.39, 0.29) is 0 Å². The molecule has 0 fully saturated rings. The molecule has 0 aliphatic carbocycles. The Balaban J connectivity index is 1.63. The third kappa shape index (κ3) is 6.94. The normalized spacial score (nSPS) is 11.5. The topological polar surface area (TPSA) is 140 Å². The number of benzene rings is 2. The van der Waals surface area contributed by atoms with Gasteiger partial charge in [0.05, 0.1) is 24.2 Å². The van der Waals surface area contributed by atoms with E-state index >= 15 is 0 Å². The van der Waals surface area contributed by atoms with E-state index in [0.717, 1.165) is 40.2 Å². The van der Waals surface area contributed by atoms with Crippen molar-refractivity contribution >= 4 is 39.9 Å². The van der Waals surface area contributed by atoms with Crippen LogP contribution < -0.4 is 25.8 Å². The third-order valence-electron chi connectivity index (χ3n) is 6.73. The van der Waals surface area contributed by atoms with E-state index in [4.69, 9.17) is 34.6 Å². The number of imidazole rings is 2. The van der Waals surface area contributed by atoms with Crippen LogP contribution in [0.2, 0.25) is 0 Å². The van der Waals surface area contributed by atoms with Gasteiger partial charge in [0.15, 0.2) is 0 Å². The lowest BCUT2D eigenvalue weighted by atomic mass is 10.1. The zero-order valence-corrected chi connectivity index (χ0v) is 25.0. The molecule has 0 atom stereocenters. The van der Waals surface area contributed by atoms with Crippen molar-refractivity contribution in [1.82, 2.24) is 19.1 Å². The molecule has 12 heteroatoms. The number of primary amides is 1. The van der Waals surface area contributed by atoms with Crippen LogP contribution in [0.15, 0.2) is 36.4 Å². The number of aryl methyl sites for hydroxylation is 1. The van der Waals surface area contributed by atoms with Gasteiger partial charge in [-0.05, 0) is 36.8 Å². The quantitative estimate of drug-likeness (QED) is 0.125. The van der Waals surface area contributed by atoms with Crippen molar-refractivity contribution in [3.63, 3.8) is 0 Å². The molecule has 0 bridgehead atoms. The Labute approximate surface area is 245 Å². The predicted molar refractivity (Wildman–Crippen MR) is 165 cm³/mol. The fourth-order valence-corrected chi connectivity index (χ4v) is 4.82. The van der Waals surface area contributed by atoms with Crippen LogP contribution in [0, 0.1) is 6.92 Å². The fraction of sp³-hybridized carbons (Fsp3) is 0.433. The molecule has 0 aliphatic rings. The van der Waals surface area contributed by atoms with E-state index in [2.05, 4.69) is 33.4 Å². The number of methoxy groups -OCH3 is 2. The molecule has 2 aromatic carbocycles. The molecule has 2 aromatic heterocycles. The first-order valence-electron chi connectivity index (χ1n) is 14.0. The molecule has 0 aliphatic heterocycles. The molecule has 0 unspecified atom stereocenters. The number of hydrogen-bond acceptors (Lipinski definition) is 9. The van der Waals surface area contributed by atoms with Crippen LogP contribution in [0.3, 0.4) is 0 Å². The summed E-state index contributed by atoms with van der Waals surface area (Å²) >= 11 is 0. The van der Waals surface area contributed by atoms with Gasteiger partial charge in [0.25, 0.3) is 0 Å². The van der Waals surface area contributed by atoms with Crippen LogP contribution in [0.25, 0.3) is 22.1 Å². The number of aromatic nitrogens is 4. The van der Waals surface area contributed by atoms with Gasteiger partial charge in [-0.15, -0.1) is 0 Å². The molecule has 2 heterocycles. The highest BCUT2D eigenvalue weighted by molar-refractivity contribution is 5.99. The van der Waals surface area contributed by atoms with Gasteiger partial charge < -0.3 is 44.4 Å². The van der Waals surface area contributed by atoms with E-state index in [0.29, 0.717) is 68.7 Å². The molecule has 1 amide bonds. The summed E-state index contributed by atoms with van der Waals surface area (Å²) in [6, 6.07) is 7.46. The number of nitrogens with zero attached hydrogens (tertiary/aromatic N) is 4. The summed E-state index contributed by atoms with van der Waals surface area (Å²) in [5.41, 5.74) is 10.2. The number of rotatable bonds is 17. The van der Waals surface area contributed by atoms with Crippen molar-refractivity contribution in [2.45, 2.75) is 32.9 Å². The Kier molecular flexibility index (Phi) is 10.6. The maximum absolute atomic E-state index is 12.0. The Hall–Kier alpha value is -4.29. The molecule has 12 nitrogen and oxygen atoms in total. The van der Waals surface area contributed by atoms with Crippen molar-refractivity contribution in [3.05, 3.63) is 47.5 Å². The number of ether oxygens (including phenoxy) is 4. The maximum Gasteiger partial charge on any atom is 0.248 e. The van der Waals surface area contributed by atoms with Crippen LogP contribution in [0.4, 0.5) is 11.9 Å². The van der Waals surface area contributed by atoms with E-state index in [1.807, 2.05) is 31.7 Å². The first kappa shape index (κ1) is 30.7. The minimum absolute atomic E-state index is 0.342. The number of amides is 1. The zero-order chi connectivity index (χ0) is 30.1. The van der Waals surface area contributed by atoms with E-state index < -0.39 is 5.91 Å². The van der Waals surface area contributed by atoms with Gasteiger partial charge in [0, 0.05) is 73.0 Å². The summed E-state index contributed by atoms with van der Waals surface area (Å²) < 4.78 is 26.7. The van der Waals surface area contributed by atoms with Crippen molar-refractivity contribution < 1.29 is 23.7 Å².